The fourth-order valence-corrected chi connectivity index (χ4v) is 5.11. The Bertz CT molecular complexity index is 1060. The monoisotopic (exact) mass is 409 g/mol. The van der Waals surface area contributed by atoms with E-state index in [2.05, 4.69) is 16.9 Å². The van der Waals surface area contributed by atoms with Crippen LogP contribution in [0.15, 0.2) is 40.3 Å². The fraction of sp³-hybridized carbons (Fsp3) is 0.125. The SMILES string of the molecule is NC(=O)C1=NN(Cc2ccc(Cl)cc2)c2sc(C#CCO)cc2S1(=O)=O. The van der Waals surface area contributed by atoms with Gasteiger partial charge in [0.05, 0.1) is 11.4 Å². The van der Waals surface area contributed by atoms with Gasteiger partial charge in [-0.1, -0.05) is 35.6 Å². The first-order valence-electron chi connectivity index (χ1n) is 7.22. The number of carbonyl (C=O) groups is 1. The van der Waals surface area contributed by atoms with Gasteiger partial charge in [-0.2, -0.15) is 5.10 Å². The molecule has 3 N–H and O–H groups in total. The average molecular weight is 410 g/mol. The Morgan fingerprint density at radius 2 is 2.04 bits per heavy atom. The molecule has 1 aromatic carbocycles. The number of carbonyl (C=O) groups excluding carboxylic acids is 1. The lowest BCUT2D eigenvalue weighted by Gasteiger charge is -2.24. The molecule has 7 nitrogen and oxygen atoms in total. The van der Waals surface area contributed by atoms with Gasteiger partial charge in [0.2, 0.25) is 14.9 Å². The maximum Gasteiger partial charge on any atom is 0.281 e. The van der Waals surface area contributed by atoms with E-state index in [0.29, 0.717) is 14.9 Å². The average Bonchev–Trinajstić information content (AvgIpc) is 3.03. The van der Waals surface area contributed by atoms with Crippen LogP contribution in [-0.2, 0) is 21.2 Å². The number of sulfone groups is 1. The maximum atomic E-state index is 12.6. The zero-order valence-electron chi connectivity index (χ0n) is 13.1. The number of hydrogen-bond acceptors (Lipinski definition) is 7. The Morgan fingerprint density at radius 3 is 2.65 bits per heavy atom. The van der Waals surface area contributed by atoms with Crippen LogP contribution >= 0.6 is 22.9 Å². The lowest BCUT2D eigenvalue weighted by Crippen LogP contribution is -2.37. The molecule has 1 aliphatic heterocycles. The van der Waals surface area contributed by atoms with Crippen LogP contribution in [0, 0.1) is 11.8 Å². The molecule has 0 saturated heterocycles. The van der Waals surface area contributed by atoms with Gasteiger partial charge >= 0.3 is 0 Å². The van der Waals surface area contributed by atoms with Crippen molar-refractivity contribution in [2.45, 2.75) is 11.4 Å². The summed E-state index contributed by atoms with van der Waals surface area (Å²) in [6.45, 7) is -0.142. The molecular weight excluding hydrogens is 398 g/mol. The van der Waals surface area contributed by atoms with Crippen LogP contribution in [0.3, 0.4) is 0 Å². The largest absolute Gasteiger partial charge is 0.384 e. The number of nitrogens with two attached hydrogens (primary N) is 1. The molecule has 0 atom stereocenters. The van der Waals surface area contributed by atoms with E-state index in [1.165, 1.54) is 11.1 Å². The number of primary amides is 1. The van der Waals surface area contributed by atoms with Crippen LogP contribution < -0.4 is 10.7 Å². The van der Waals surface area contributed by atoms with E-state index in [1.807, 2.05) is 0 Å². The van der Waals surface area contributed by atoms with Crippen LogP contribution in [0.5, 0.6) is 0 Å². The van der Waals surface area contributed by atoms with Gasteiger partial charge < -0.3 is 10.8 Å². The first-order chi connectivity index (χ1) is 12.3. The molecule has 0 fully saturated rings. The molecule has 2 heterocycles. The smallest absolute Gasteiger partial charge is 0.281 e. The molecule has 10 heteroatoms. The number of hydrazone groups is 1. The second kappa shape index (κ2) is 7.09. The first-order valence-corrected chi connectivity index (χ1v) is 9.89. The lowest BCUT2D eigenvalue weighted by atomic mass is 10.2. The molecule has 1 amide bonds. The minimum absolute atomic E-state index is 0.0810. The summed E-state index contributed by atoms with van der Waals surface area (Å²) in [7, 11) is -4.13. The van der Waals surface area contributed by atoms with Gasteiger partial charge in [-0.3, -0.25) is 4.79 Å². The molecule has 134 valence electrons. The van der Waals surface area contributed by atoms with Gasteiger partial charge in [0.15, 0.2) is 0 Å². The number of fused-ring (bicyclic) bond motifs is 1. The third kappa shape index (κ3) is 3.45. The highest BCUT2D eigenvalue weighted by molar-refractivity contribution is 8.08. The molecule has 0 radical (unpaired) electrons. The molecule has 0 unspecified atom stereocenters. The quantitative estimate of drug-likeness (QED) is 0.742. The number of hydrogen-bond donors (Lipinski definition) is 2. The number of aliphatic hydroxyl groups excluding tert-OH is 1. The predicted octanol–water partition coefficient (Wildman–Crippen LogP) is 1.34. The number of halogens is 1. The van der Waals surface area contributed by atoms with Crippen LogP contribution in [-0.4, -0.2) is 31.1 Å². The second-order valence-electron chi connectivity index (χ2n) is 5.20. The molecule has 0 bridgehead atoms. The van der Waals surface area contributed by atoms with E-state index in [4.69, 9.17) is 22.4 Å². The number of aliphatic hydroxyl groups is 1. The van der Waals surface area contributed by atoms with Crippen molar-refractivity contribution in [3.8, 4) is 11.8 Å². The van der Waals surface area contributed by atoms with E-state index < -0.39 is 20.8 Å². The van der Waals surface area contributed by atoms with Crippen LogP contribution in [0.25, 0.3) is 0 Å². The topological polar surface area (TPSA) is 113 Å². The van der Waals surface area contributed by atoms with E-state index >= 15 is 0 Å². The molecular formula is C16H12ClN3O4S2. The molecule has 2 aromatic rings. The fourth-order valence-electron chi connectivity index (χ4n) is 2.29. The number of rotatable bonds is 3. The van der Waals surface area contributed by atoms with E-state index in [0.717, 1.165) is 16.9 Å². The Kier molecular flexibility index (Phi) is 5.02. The van der Waals surface area contributed by atoms with Gasteiger partial charge in [0.1, 0.15) is 16.5 Å². The van der Waals surface area contributed by atoms with Gasteiger partial charge in [-0.05, 0) is 23.8 Å². The van der Waals surface area contributed by atoms with Crippen molar-refractivity contribution in [1.29, 1.82) is 0 Å². The number of anilines is 1. The first kappa shape index (κ1) is 18.4. The summed E-state index contributed by atoms with van der Waals surface area (Å²) in [4.78, 5) is 12.0. The summed E-state index contributed by atoms with van der Waals surface area (Å²) >= 11 is 6.97. The summed E-state index contributed by atoms with van der Waals surface area (Å²) in [5.41, 5.74) is 6.02. The normalized spacial score (nSPS) is 14.8. The molecule has 0 aliphatic carbocycles. The molecule has 1 aromatic heterocycles. The minimum Gasteiger partial charge on any atom is -0.384 e. The molecule has 3 rings (SSSR count). The third-order valence-corrected chi connectivity index (χ3v) is 6.54. The third-order valence-electron chi connectivity index (χ3n) is 3.42. The van der Waals surface area contributed by atoms with Gasteiger partial charge in [0.25, 0.3) is 5.91 Å². The van der Waals surface area contributed by atoms with Crippen LogP contribution in [0.2, 0.25) is 5.02 Å². The standard InChI is InChI=1S/C16H12ClN3O4S2/c17-11-5-3-10(4-6-11)9-20-16-13(8-12(25-16)2-1-7-21)26(23,24)15(19-20)14(18)22/h3-6,8,21H,7,9H2,(H2,18,22). The Balaban J connectivity index is 2.10. The Morgan fingerprint density at radius 1 is 1.35 bits per heavy atom. The number of amides is 1. The van der Waals surface area contributed by atoms with E-state index in [9.17, 15) is 13.2 Å². The van der Waals surface area contributed by atoms with Crippen molar-refractivity contribution in [2.24, 2.45) is 10.8 Å². The van der Waals surface area contributed by atoms with Crippen molar-refractivity contribution in [2.75, 3.05) is 11.6 Å². The van der Waals surface area contributed by atoms with Gasteiger partial charge in [-0.25, -0.2) is 13.4 Å². The minimum atomic E-state index is -4.13. The molecule has 0 saturated carbocycles. The Labute approximate surface area is 158 Å². The zero-order chi connectivity index (χ0) is 18.9. The highest BCUT2D eigenvalue weighted by Crippen LogP contribution is 2.39. The highest BCUT2D eigenvalue weighted by Gasteiger charge is 2.38. The lowest BCUT2D eigenvalue weighted by molar-refractivity contribution is -0.111. The summed E-state index contributed by atoms with van der Waals surface area (Å²) in [5, 5.41) is 14.3. The predicted molar refractivity (Wildman–Crippen MR) is 99.7 cm³/mol. The Hall–Kier alpha value is -2.38. The summed E-state index contributed by atoms with van der Waals surface area (Å²) < 4.78 is 25.2. The van der Waals surface area contributed by atoms with Crippen molar-refractivity contribution in [3.63, 3.8) is 0 Å². The van der Waals surface area contributed by atoms with Gasteiger partial charge in [-0.15, -0.1) is 11.3 Å². The molecule has 1 aliphatic rings. The van der Waals surface area contributed by atoms with Crippen molar-refractivity contribution in [1.82, 2.24) is 0 Å². The van der Waals surface area contributed by atoms with Crippen LogP contribution in [0.1, 0.15) is 10.4 Å². The summed E-state index contributed by atoms with van der Waals surface area (Å²) in [6.07, 6.45) is 0. The summed E-state index contributed by atoms with van der Waals surface area (Å²) in [6, 6.07) is 8.29. The van der Waals surface area contributed by atoms with Crippen LogP contribution in [0.4, 0.5) is 5.00 Å². The number of nitrogens with zero attached hydrogens (tertiary/aromatic N) is 2. The van der Waals surface area contributed by atoms with E-state index in [-0.39, 0.29) is 18.0 Å². The maximum absolute atomic E-state index is 12.6. The molecule has 0 spiro atoms. The summed E-state index contributed by atoms with van der Waals surface area (Å²) in [5.74, 6) is 4.00. The number of benzene rings is 1. The zero-order valence-corrected chi connectivity index (χ0v) is 15.5. The number of thiophene rings is 1. The van der Waals surface area contributed by atoms with Crippen molar-refractivity contribution >= 4 is 48.7 Å². The van der Waals surface area contributed by atoms with Crippen molar-refractivity contribution < 1.29 is 18.3 Å². The van der Waals surface area contributed by atoms with Gasteiger partial charge in [0, 0.05) is 5.02 Å². The van der Waals surface area contributed by atoms with Crippen molar-refractivity contribution in [3.05, 3.63) is 45.8 Å². The van der Waals surface area contributed by atoms with E-state index in [1.54, 1.807) is 24.3 Å². The second-order valence-corrected chi connectivity index (χ2v) is 8.50. The highest BCUT2D eigenvalue weighted by atomic mass is 35.5. The molecule has 26 heavy (non-hydrogen) atoms.